The first-order valence-corrected chi connectivity index (χ1v) is 9.57. The van der Waals surface area contributed by atoms with Crippen LogP contribution in [0.1, 0.15) is 40.0 Å². The van der Waals surface area contributed by atoms with Crippen LogP contribution in [0.2, 0.25) is 0 Å². The lowest BCUT2D eigenvalue weighted by Crippen LogP contribution is -3.00. The Kier molecular flexibility index (Phi) is 13.3. The molecule has 0 saturated heterocycles. The number of ether oxygens (including phenoxy) is 3. The average Bonchev–Trinajstić information content (AvgIpc) is 2.95. The number of imidazole rings is 1. The van der Waals surface area contributed by atoms with Crippen LogP contribution in [-0.2, 0) is 27.3 Å². The first-order valence-electron chi connectivity index (χ1n) is 8.45. The van der Waals surface area contributed by atoms with Crippen molar-refractivity contribution in [2.24, 2.45) is 0 Å². The summed E-state index contributed by atoms with van der Waals surface area (Å²) in [5.41, 5.74) is -0.0774. The van der Waals surface area contributed by atoms with Gasteiger partial charge < -0.3 is 31.2 Å². The number of carbonyl (C=O) groups excluding carboxylic acids is 1. The first-order chi connectivity index (χ1) is 11.4. The van der Waals surface area contributed by atoms with E-state index in [2.05, 4.69) is 52.2 Å². The molecule has 0 aromatic carbocycles. The Morgan fingerprint density at radius 1 is 1.12 bits per heavy atom. The van der Waals surface area contributed by atoms with Crippen molar-refractivity contribution >= 4 is 22.1 Å². The molecule has 0 spiro atoms. The van der Waals surface area contributed by atoms with Crippen molar-refractivity contribution in [2.75, 3.05) is 25.2 Å². The lowest BCUT2D eigenvalue weighted by Gasteiger charge is -2.18. The van der Waals surface area contributed by atoms with Crippen LogP contribution in [0.25, 0.3) is 0 Å². The number of rotatable bonds is 11. The smallest absolute Gasteiger partial charge is 0.508 e. The van der Waals surface area contributed by atoms with Gasteiger partial charge in [0.15, 0.2) is 0 Å². The fraction of sp³-hybridized carbons (Fsp3) is 0.765. The highest BCUT2D eigenvalue weighted by Crippen LogP contribution is 2.07. The number of hydrogen-bond donors (Lipinski definition) is 0. The van der Waals surface area contributed by atoms with Crippen molar-refractivity contribution in [3.05, 3.63) is 18.7 Å². The number of hydrogen-bond acceptors (Lipinski definition) is 4. The molecule has 1 aromatic heterocycles. The SMILES string of the molecule is CC(C)(C)OCCCn1cc[n+](CCCOC(=O)OCCCBr)c1.[Br-]. The van der Waals surface area contributed by atoms with Gasteiger partial charge >= 0.3 is 6.16 Å². The molecule has 0 aliphatic carbocycles. The third-order valence-electron chi connectivity index (χ3n) is 3.12. The van der Waals surface area contributed by atoms with Gasteiger partial charge in [-0.1, -0.05) is 15.9 Å². The van der Waals surface area contributed by atoms with Crippen LogP contribution >= 0.6 is 15.9 Å². The maximum Gasteiger partial charge on any atom is 0.508 e. The summed E-state index contributed by atoms with van der Waals surface area (Å²) in [4.78, 5) is 11.3. The van der Waals surface area contributed by atoms with E-state index >= 15 is 0 Å². The number of nitrogens with zero attached hydrogens (tertiary/aromatic N) is 2. The quantitative estimate of drug-likeness (QED) is 0.196. The second kappa shape index (κ2) is 13.6. The zero-order valence-electron chi connectivity index (χ0n) is 15.4. The number of aromatic nitrogens is 2. The minimum atomic E-state index is -0.586. The van der Waals surface area contributed by atoms with E-state index in [1.54, 1.807) is 0 Å². The second-order valence-electron chi connectivity index (χ2n) is 6.55. The molecular weight excluding hydrogens is 456 g/mol. The number of carbonyl (C=O) groups is 1. The van der Waals surface area contributed by atoms with E-state index in [4.69, 9.17) is 14.2 Å². The molecule has 0 aliphatic heterocycles. The van der Waals surface area contributed by atoms with Crippen molar-refractivity contribution in [3.63, 3.8) is 0 Å². The van der Waals surface area contributed by atoms with Gasteiger partial charge in [-0.25, -0.2) is 13.9 Å². The molecule has 0 atom stereocenters. The number of alkyl halides is 1. The van der Waals surface area contributed by atoms with Crippen molar-refractivity contribution < 1.29 is 40.6 Å². The van der Waals surface area contributed by atoms with Crippen molar-refractivity contribution in [1.82, 2.24) is 4.57 Å². The van der Waals surface area contributed by atoms with Gasteiger partial charge in [-0.3, -0.25) is 0 Å². The zero-order chi connectivity index (χ0) is 17.8. The van der Waals surface area contributed by atoms with Gasteiger partial charge in [0.25, 0.3) is 0 Å². The largest absolute Gasteiger partial charge is 1.00 e. The minimum absolute atomic E-state index is 0. The van der Waals surface area contributed by atoms with E-state index in [1.807, 2.05) is 12.4 Å². The third kappa shape index (κ3) is 13.3. The van der Waals surface area contributed by atoms with Crippen molar-refractivity contribution in [2.45, 2.75) is 58.7 Å². The van der Waals surface area contributed by atoms with E-state index in [0.29, 0.717) is 13.2 Å². The molecule has 0 aliphatic rings. The normalized spacial score (nSPS) is 11.0. The Labute approximate surface area is 169 Å². The van der Waals surface area contributed by atoms with Gasteiger partial charge in [0, 0.05) is 18.2 Å². The fourth-order valence-corrected chi connectivity index (χ4v) is 2.21. The van der Waals surface area contributed by atoms with E-state index in [9.17, 15) is 4.79 Å². The lowest BCUT2D eigenvalue weighted by atomic mass is 10.2. The maximum absolute atomic E-state index is 11.3. The Morgan fingerprint density at radius 3 is 2.44 bits per heavy atom. The summed E-state index contributed by atoms with van der Waals surface area (Å²) in [6, 6.07) is 0. The molecule has 8 heteroatoms. The maximum atomic E-state index is 11.3. The molecular formula is C17H30Br2N2O4. The molecule has 0 fully saturated rings. The molecule has 146 valence electrons. The second-order valence-corrected chi connectivity index (χ2v) is 7.34. The standard InChI is InChI=1S/C17H30BrN2O4.BrH/c1-17(2,3)24-14-6-9-20-11-10-19(15-20)8-5-13-23-16(21)22-12-4-7-18;/h10-11,15H,4-9,12-14H2,1-3H3;1H/q+1;/p-1. The van der Waals surface area contributed by atoms with Gasteiger partial charge in [-0.05, 0) is 27.2 Å². The monoisotopic (exact) mass is 484 g/mol. The predicted octanol–water partition coefficient (Wildman–Crippen LogP) is 0.313. The Bertz CT molecular complexity index is 475. The minimum Gasteiger partial charge on any atom is -1.00 e. The Hall–Kier alpha value is -0.600. The molecule has 0 N–H and O–H groups in total. The van der Waals surface area contributed by atoms with Gasteiger partial charge in [-0.2, -0.15) is 0 Å². The van der Waals surface area contributed by atoms with E-state index in [-0.39, 0.29) is 22.6 Å². The summed E-state index contributed by atoms with van der Waals surface area (Å²) in [5.74, 6) is 0. The van der Waals surface area contributed by atoms with E-state index < -0.39 is 6.16 Å². The lowest BCUT2D eigenvalue weighted by molar-refractivity contribution is -0.697. The van der Waals surface area contributed by atoms with Crippen LogP contribution in [0.3, 0.4) is 0 Å². The van der Waals surface area contributed by atoms with Gasteiger partial charge in [0.1, 0.15) is 12.4 Å². The number of aryl methyl sites for hydroxylation is 2. The van der Waals surface area contributed by atoms with Gasteiger partial charge in [-0.15, -0.1) is 0 Å². The summed E-state index contributed by atoms with van der Waals surface area (Å²) < 4.78 is 19.9. The summed E-state index contributed by atoms with van der Waals surface area (Å²) in [7, 11) is 0. The first kappa shape index (κ1) is 24.4. The molecule has 1 heterocycles. The summed E-state index contributed by atoms with van der Waals surface area (Å²) in [6.07, 6.45) is 8.08. The molecule has 1 rings (SSSR count). The molecule has 6 nitrogen and oxygen atoms in total. The molecule has 0 bridgehead atoms. The van der Waals surface area contributed by atoms with Crippen LogP contribution in [0, 0.1) is 0 Å². The molecule has 0 amide bonds. The number of halogens is 2. The Morgan fingerprint density at radius 2 is 1.80 bits per heavy atom. The zero-order valence-corrected chi connectivity index (χ0v) is 18.6. The Balaban J connectivity index is 0.00000576. The van der Waals surface area contributed by atoms with Crippen LogP contribution in [0.5, 0.6) is 0 Å². The fourth-order valence-electron chi connectivity index (χ4n) is 1.98. The van der Waals surface area contributed by atoms with Crippen molar-refractivity contribution in [3.8, 4) is 0 Å². The highest BCUT2D eigenvalue weighted by molar-refractivity contribution is 9.09. The van der Waals surface area contributed by atoms with Crippen molar-refractivity contribution in [1.29, 1.82) is 0 Å². The molecule has 1 aromatic rings. The highest BCUT2D eigenvalue weighted by atomic mass is 79.9. The molecule has 0 radical (unpaired) electrons. The van der Waals surface area contributed by atoms with Crippen LogP contribution in [0.15, 0.2) is 18.7 Å². The molecule has 25 heavy (non-hydrogen) atoms. The van der Waals surface area contributed by atoms with Gasteiger partial charge in [0.05, 0.1) is 38.5 Å². The van der Waals surface area contributed by atoms with Crippen LogP contribution in [-0.4, -0.2) is 41.5 Å². The predicted molar refractivity (Wildman–Crippen MR) is 95.3 cm³/mol. The summed E-state index contributed by atoms with van der Waals surface area (Å²) in [6.45, 7) is 9.44. The third-order valence-corrected chi connectivity index (χ3v) is 3.68. The van der Waals surface area contributed by atoms with Crippen LogP contribution in [0.4, 0.5) is 4.79 Å². The van der Waals surface area contributed by atoms with E-state index in [0.717, 1.165) is 44.3 Å². The summed E-state index contributed by atoms with van der Waals surface area (Å²) >= 11 is 3.28. The van der Waals surface area contributed by atoms with Crippen LogP contribution < -0.4 is 21.5 Å². The van der Waals surface area contributed by atoms with Gasteiger partial charge in [0.2, 0.25) is 6.33 Å². The van der Waals surface area contributed by atoms with E-state index in [1.165, 1.54) is 0 Å². The summed E-state index contributed by atoms with van der Waals surface area (Å²) in [5, 5.41) is 0.816. The average molecular weight is 486 g/mol. The highest BCUT2D eigenvalue weighted by Gasteiger charge is 2.10. The topological polar surface area (TPSA) is 53.6 Å². The molecule has 0 unspecified atom stereocenters. The molecule has 0 saturated carbocycles.